The first-order valence-corrected chi connectivity index (χ1v) is 6.20. The average Bonchev–Trinajstić information content (AvgIpc) is 2.63. The maximum atomic E-state index is 4.13. The zero-order chi connectivity index (χ0) is 9.36. The van der Waals surface area contributed by atoms with Gasteiger partial charge in [0.25, 0.3) is 0 Å². The predicted molar refractivity (Wildman–Crippen MR) is 63.2 cm³/mol. The minimum atomic E-state index is 0.969. The van der Waals surface area contributed by atoms with Crippen molar-refractivity contribution in [2.45, 2.75) is 19.4 Å². The lowest BCUT2D eigenvalue weighted by Gasteiger charge is -2.03. The molecule has 0 atom stereocenters. The Labute approximate surface area is 93.0 Å². The largest absolute Gasteiger partial charge is 0.315 e. The minimum absolute atomic E-state index is 0.969. The van der Waals surface area contributed by atoms with Gasteiger partial charge in [-0.2, -0.15) is 5.10 Å². The fourth-order valence-corrected chi connectivity index (χ4v) is 1.64. The lowest BCUT2D eigenvalue weighted by molar-refractivity contribution is 0.546. The van der Waals surface area contributed by atoms with E-state index in [1.165, 1.54) is 17.3 Å². The zero-order valence-corrected chi connectivity index (χ0v) is 9.90. The van der Waals surface area contributed by atoms with Gasteiger partial charge < -0.3 is 5.32 Å². The third-order valence-electron chi connectivity index (χ3n) is 1.81. The van der Waals surface area contributed by atoms with Gasteiger partial charge in [0.15, 0.2) is 0 Å². The van der Waals surface area contributed by atoms with Gasteiger partial charge in [0.2, 0.25) is 0 Å². The normalized spacial score (nSPS) is 10.5. The third kappa shape index (κ3) is 5.25. The van der Waals surface area contributed by atoms with E-state index in [1.807, 2.05) is 23.1 Å². The van der Waals surface area contributed by atoms with Crippen LogP contribution >= 0.6 is 22.6 Å². The van der Waals surface area contributed by atoms with Gasteiger partial charge in [-0.15, -0.1) is 0 Å². The van der Waals surface area contributed by atoms with Gasteiger partial charge in [-0.1, -0.05) is 22.6 Å². The van der Waals surface area contributed by atoms with Crippen LogP contribution in [-0.2, 0) is 6.54 Å². The number of hydrogen-bond donors (Lipinski definition) is 1. The van der Waals surface area contributed by atoms with Crippen molar-refractivity contribution in [2.24, 2.45) is 0 Å². The smallest absolute Gasteiger partial charge is 0.0533 e. The number of alkyl halides is 1. The number of hydrogen-bond acceptors (Lipinski definition) is 2. The molecule has 4 heteroatoms. The molecule has 0 saturated carbocycles. The van der Waals surface area contributed by atoms with E-state index in [-0.39, 0.29) is 0 Å². The summed E-state index contributed by atoms with van der Waals surface area (Å²) in [4.78, 5) is 0. The second-order valence-corrected chi connectivity index (χ2v) is 3.99. The summed E-state index contributed by atoms with van der Waals surface area (Å²) in [6, 6.07) is 1.95. The lowest BCUT2D eigenvalue weighted by atomic mass is 10.3. The molecular weight excluding hydrogens is 277 g/mol. The average molecular weight is 293 g/mol. The van der Waals surface area contributed by atoms with Gasteiger partial charge in [0.1, 0.15) is 0 Å². The molecule has 0 radical (unpaired) electrons. The summed E-state index contributed by atoms with van der Waals surface area (Å²) < 4.78 is 3.21. The first-order chi connectivity index (χ1) is 6.43. The monoisotopic (exact) mass is 293 g/mol. The van der Waals surface area contributed by atoms with Crippen LogP contribution < -0.4 is 5.32 Å². The molecule has 1 heterocycles. The maximum absolute atomic E-state index is 4.13. The van der Waals surface area contributed by atoms with E-state index in [4.69, 9.17) is 0 Å². The Balaban J connectivity index is 1.90. The lowest BCUT2D eigenvalue weighted by Crippen LogP contribution is -2.21. The molecule has 0 bridgehead atoms. The van der Waals surface area contributed by atoms with E-state index in [1.54, 1.807) is 0 Å². The summed E-state index contributed by atoms with van der Waals surface area (Å²) in [5.74, 6) is 0. The van der Waals surface area contributed by atoms with E-state index >= 15 is 0 Å². The fraction of sp³-hybridized carbons (Fsp3) is 0.667. The highest BCUT2D eigenvalue weighted by Crippen LogP contribution is 1.92. The Kier molecular flexibility index (Phi) is 6.18. The summed E-state index contributed by atoms with van der Waals surface area (Å²) in [5.41, 5.74) is 0. The molecule has 0 spiro atoms. The fourth-order valence-electron chi connectivity index (χ4n) is 1.10. The Morgan fingerprint density at radius 3 is 2.92 bits per heavy atom. The number of rotatable bonds is 7. The van der Waals surface area contributed by atoms with Crippen LogP contribution in [0.4, 0.5) is 0 Å². The molecule has 1 aromatic heterocycles. The van der Waals surface area contributed by atoms with Crippen LogP contribution in [0.2, 0.25) is 0 Å². The van der Waals surface area contributed by atoms with E-state index in [2.05, 4.69) is 33.0 Å². The van der Waals surface area contributed by atoms with Crippen molar-refractivity contribution in [3.63, 3.8) is 0 Å². The molecule has 0 fully saturated rings. The van der Waals surface area contributed by atoms with E-state index in [9.17, 15) is 0 Å². The molecule has 74 valence electrons. The standard InChI is InChI=1S/C9H16IN3/c10-4-1-2-5-11-7-9-13-8-3-6-12-13/h3,6,8,11H,1-2,4-5,7,9H2. The number of aromatic nitrogens is 2. The summed E-state index contributed by atoms with van der Waals surface area (Å²) >= 11 is 2.42. The Hall–Kier alpha value is -0.100. The highest BCUT2D eigenvalue weighted by molar-refractivity contribution is 14.1. The van der Waals surface area contributed by atoms with Gasteiger partial charge in [0, 0.05) is 18.9 Å². The number of nitrogens with one attached hydrogen (secondary N) is 1. The van der Waals surface area contributed by atoms with E-state index in [0.717, 1.165) is 19.6 Å². The molecule has 1 aromatic rings. The van der Waals surface area contributed by atoms with Crippen LogP contribution in [-0.4, -0.2) is 27.3 Å². The van der Waals surface area contributed by atoms with Gasteiger partial charge in [-0.05, 0) is 29.9 Å². The van der Waals surface area contributed by atoms with Gasteiger partial charge >= 0.3 is 0 Å². The van der Waals surface area contributed by atoms with Gasteiger partial charge in [-0.25, -0.2) is 0 Å². The van der Waals surface area contributed by atoms with E-state index < -0.39 is 0 Å². The van der Waals surface area contributed by atoms with Crippen LogP contribution in [0.25, 0.3) is 0 Å². The molecule has 0 saturated heterocycles. The SMILES string of the molecule is ICCCCNCCn1cccn1. The van der Waals surface area contributed by atoms with Crippen LogP contribution in [0.15, 0.2) is 18.5 Å². The molecule has 0 unspecified atom stereocenters. The Bertz CT molecular complexity index is 199. The molecule has 1 N–H and O–H groups in total. The van der Waals surface area contributed by atoms with E-state index in [0.29, 0.717) is 0 Å². The Morgan fingerprint density at radius 2 is 2.23 bits per heavy atom. The van der Waals surface area contributed by atoms with Crippen LogP contribution in [0, 0.1) is 0 Å². The quantitative estimate of drug-likeness (QED) is 0.471. The molecule has 3 nitrogen and oxygen atoms in total. The van der Waals surface area contributed by atoms with Crippen LogP contribution in [0.3, 0.4) is 0 Å². The maximum Gasteiger partial charge on any atom is 0.0533 e. The molecule has 0 amide bonds. The van der Waals surface area contributed by atoms with Crippen molar-refractivity contribution < 1.29 is 0 Å². The molecule has 0 aliphatic carbocycles. The van der Waals surface area contributed by atoms with Crippen molar-refractivity contribution in [1.82, 2.24) is 15.1 Å². The second kappa shape index (κ2) is 7.32. The molecule has 13 heavy (non-hydrogen) atoms. The predicted octanol–water partition coefficient (Wildman–Crippen LogP) is 1.69. The van der Waals surface area contributed by atoms with Crippen LogP contribution in [0.5, 0.6) is 0 Å². The summed E-state index contributed by atoms with van der Waals surface area (Å²) in [5, 5.41) is 7.52. The van der Waals surface area contributed by atoms with Crippen molar-refractivity contribution >= 4 is 22.6 Å². The molecule has 0 aliphatic heterocycles. The number of nitrogens with zero attached hydrogens (tertiary/aromatic N) is 2. The Morgan fingerprint density at radius 1 is 1.31 bits per heavy atom. The summed E-state index contributed by atoms with van der Waals surface area (Å²) in [6.45, 7) is 3.12. The third-order valence-corrected chi connectivity index (χ3v) is 2.58. The van der Waals surface area contributed by atoms with Crippen LogP contribution in [0.1, 0.15) is 12.8 Å². The van der Waals surface area contributed by atoms with Crippen molar-refractivity contribution in [1.29, 1.82) is 0 Å². The first kappa shape index (κ1) is 11.0. The second-order valence-electron chi connectivity index (χ2n) is 2.92. The minimum Gasteiger partial charge on any atom is -0.315 e. The molecular formula is C9H16IN3. The van der Waals surface area contributed by atoms with Crippen molar-refractivity contribution in [2.75, 3.05) is 17.5 Å². The van der Waals surface area contributed by atoms with Gasteiger partial charge in [-0.3, -0.25) is 4.68 Å². The number of halogens is 1. The first-order valence-electron chi connectivity index (χ1n) is 4.67. The molecule has 1 rings (SSSR count). The molecule has 0 aliphatic rings. The topological polar surface area (TPSA) is 29.9 Å². The summed E-state index contributed by atoms with van der Waals surface area (Å²) in [7, 11) is 0. The highest BCUT2D eigenvalue weighted by Gasteiger charge is 1.90. The highest BCUT2D eigenvalue weighted by atomic mass is 127. The number of unbranched alkanes of at least 4 members (excludes halogenated alkanes) is 1. The van der Waals surface area contributed by atoms with Gasteiger partial charge in [0.05, 0.1) is 6.54 Å². The summed E-state index contributed by atoms with van der Waals surface area (Å²) in [6.07, 6.45) is 6.40. The van der Waals surface area contributed by atoms with Crippen molar-refractivity contribution in [3.05, 3.63) is 18.5 Å². The zero-order valence-electron chi connectivity index (χ0n) is 7.75. The molecule has 0 aromatic carbocycles. The van der Waals surface area contributed by atoms with Crippen molar-refractivity contribution in [3.8, 4) is 0 Å².